The van der Waals surface area contributed by atoms with Crippen LogP contribution < -0.4 is 4.74 Å². The minimum atomic E-state index is -4.91. The second kappa shape index (κ2) is 12.4. The SMILES string of the molecule is Cc1ccc(C(CN(C)CCCc2ccc(OC(C)C(=O)C(F)(F)F)cc2)c2ccc(Cl)cc2)cc1. The minimum Gasteiger partial charge on any atom is -0.483 e. The van der Waals surface area contributed by atoms with Gasteiger partial charge in [-0.2, -0.15) is 13.2 Å². The number of benzene rings is 3. The number of likely N-dealkylation sites (N-methyl/N-ethyl adjacent to an activating group) is 1. The van der Waals surface area contributed by atoms with E-state index in [0.717, 1.165) is 38.4 Å². The molecule has 0 fully saturated rings. The number of ketones is 1. The second-order valence-corrected chi connectivity index (χ2v) is 9.58. The lowest BCUT2D eigenvalue weighted by Gasteiger charge is -2.25. The van der Waals surface area contributed by atoms with E-state index in [2.05, 4.69) is 55.3 Å². The van der Waals surface area contributed by atoms with E-state index in [1.807, 2.05) is 24.3 Å². The third-order valence-electron chi connectivity index (χ3n) is 6.14. The first kappa shape index (κ1) is 27.8. The standard InChI is InChI=1S/C29H31ClF3NO2/c1-20-6-10-23(11-7-20)27(24-12-14-25(30)15-13-24)19-34(3)18-4-5-22-8-16-26(17-9-22)36-21(2)28(35)29(31,32)33/h6-17,21,27H,4-5,18-19H2,1-3H3. The Hall–Kier alpha value is -2.83. The van der Waals surface area contributed by atoms with Crippen LogP contribution >= 0.6 is 11.6 Å². The molecular formula is C29H31ClF3NO2. The van der Waals surface area contributed by atoms with Gasteiger partial charge in [0.1, 0.15) is 5.75 Å². The van der Waals surface area contributed by atoms with Gasteiger partial charge in [0.05, 0.1) is 0 Å². The summed E-state index contributed by atoms with van der Waals surface area (Å²) in [7, 11) is 2.10. The lowest BCUT2D eigenvalue weighted by Crippen LogP contribution is -2.36. The first-order valence-corrected chi connectivity index (χ1v) is 12.3. The molecule has 2 atom stereocenters. The van der Waals surface area contributed by atoms with Crippen LogP contribution in [0.1, 0.15) is 41.5 Å². The van der Waals surface area contributed by atoms with Gasteiger partial charge in [-0.15, -0.1) is 0 Å². The summed E-state index contributed by atoms with van der Waals surface area (Å²) in [5.41, 5.74) is 4.74. The molecule has 7 heteroatoms. The van der Waals surface area contributed by atoms with E-state index in [4.69, 9.17) is 16.3 Å². The number of carbonyl (C=O) groups excluding carboxylic acids is 1. The van der Waals surface area contributed by atoms with E-state index < -0.39 is 18.1 Å². The van der Waals surface area contributed by atoms with Crippen LogP contribution in [0.4, 0.5) is 13.2 Å². The first-order chi connectivity index (χ1) is 17.0. The van der Waals surface area contributed by atoms with Gasteiger partial charge >= 0.3 is 6.18 Å². The van der Waals surface area contributed by atoms with E-state index >= 15 is 0 Å². The summed E-state index contributed by atoms with van der Waals surface area (Å²) in [4.78, 5) is 13.6. The molecule has 0 heterocycles. The van der Waals surface area contributed by atoms with Crippen molar-refractivity contribution in [3.8, 4) is 5.75 Å². The van der Waals surface area contributed by atoms with Gasteiger partial charge in [-0.05, 0) is 81.2 Å². The number of halogens is 4. The van der Waals surface area contributed by atoms with Crippen molar-refractivity contribution in [2.75, 3.05) is 20.1 Å². The summed E-state index contributed by atoms with van der Waals surface area (Å²) in [6.07, 6.45) is -4.75. The summed E-state index contributed by atoms with van der Waals surface area (Å²) >= 11 is 6.10. The molecule has 0 saturated heterocycles. The van der Waals surface area contributed by atoms with Gasteiger partial charge in [0.15, 0.2) is 6.10 Å². The van der Waals surface area contributed by atoms with Gasteiger partial charge in [-0.1, -0.05) is 65.7 Å². The third-order valence-corrected chi connectivity index (χ3v) is 6.39. The van der Waals surface area contributed by atoms with Crippen molar-refractivity contribution in [2.45, 2.75) is 44.9 Å². The van der Waals surface area contributed by atoms with Gasteiger partial charge in [-0.3, -0.25) is 4.79 Å². The largest absolute Gasteiger partial charge is 0.483 e. The second-order valence-electron chi connectivity index (χ2n) is 9.15. The van der Waals surface area contributed by atoms with Crippen LogP contribution in [-0.4, -0.2) is 43.1 Å². The molecule has 192 valence electrons. The molecule has 0 spiro atoms. The van der Waals surface area contributed by atoms with E-state index in [0.29, 0.717) is 5.02 Å². The summed E-state index contributed by atoms with van der Waals surface area (Å²) in [6, 6.07) is 23.5. The highest BCUT2D eigenvalue weighted by atomic mass is 35.5. The maximum absolute atomic E-state index is 12.5. The van der Waals surface area contributed by atoms with Crippen LogP contribution in [0.2, 0.25) is 5.02 Å². The number of hydrogen-bond acceptors (Lipinski definition) is 3. The average molecular weight is 518 g/mol. The Morgan fingerprint density at radius 3 is 2.06 bits per heavy atom. The summed E-state index contributed by atoms with van der Waals surface area (Å²) in [6.45, 7) is 4.91. The first-order valence-electron chi connectivity index (χ1n) is 11.9. The van der Waals surface area contributed by atoms with Crippen molar-refractivity contribution >= 4 is 17.4 Å². The maximum Gasteiger partial charge on any atom is 0.453 e. The maximum atomic E-state index is 12.5. The quantitative estimate of drug-likeness (QED) is 0.268. The van der Waals surface area contributed by atoms with Gasteiger partial charge < -0.3 is 9.64 Å². The van der Waals surface area contributed by atoms with E-state index in [-0.39, 0.29) is 11.7 Å². The summed E-state index contributed by atoms with van der Waals surface area (Å²) in [5, 5.41) is 0.715. The normalized spacial score (nSPS) is 13.4. The Morgan fingerprint density at radius 1 is 0.944 bits per heavy atom. The van der Waals surface area contributed by atoms with Crippen molar-refractivity contribution in [3.63, 3.8) is 0 Å². The third kappa shape index (κ3) is 8.10. The predicted octanol–water partition coefficient (Wildman–Crippen LogP) is 7.24. The highest BCUT2D eigenvalue weighted by molar-refractivity contribution is 6.30. The zero-order valence-electron chi connectivity index (χ0n) is 20.7. The number of aryl methyl sites for hydroxylation is 2. The lowest BCUT2D eigenvalue weighted by molar-refractivity contribution is -0.177. The summed E-state index contributed by atoms with van der Waals surface area (Å²) in [5.74, 6) is -1.44. The van der Waals surface area contributed by atoms with Crippen LogP contribution in [0.15, 0.2) is 72.8 Å². The lowest BCUT2D eigenvalue weighted by atomic mass is 9.90. The highest BCUT2D eigenvalue weighted by Crippen LogP contribution is 2.27. The van der Waals surface area contributed by atoms with E-state index in [9.17, 15) is 18.0 Å². The summed E-state index contributed by atoms with van der Waals surface area (Å²) < 4.78 is 42.8. The topological polar surface area (TPSA) is 29.5 Å². The molecule has 0 aromatic heterocycles. The molecule has 3 nitrogen and oxygen atoms in total. The van der Waals surface area contributed by atoms with Crippen LogP contribution in [-0.2, 0) is 11.2 Å². The van der Waals surface area contributed by atoms with Gasteiger partial charge in [0, 0.05) is 17.5 Å². The van der Waals surface area contributed by atoms with Crippen LogP contribution in [0.3, 0.4) is 0 Å². The van der Waals surface area contributed by atoms with Gasteiger partial charge in [0.2, 0.25) is 0 Å². The van der Waals surface area contributed by atoms with Crippen molar-refractivity contribution in [1.82, 2.24) is 4.90 Å². The van der Waals surface area contributed by atoms with Crippen molar-refractivity contribution in [1.29, 1.82) is 0 Å². The zero-order valence-corrected chi connectivity index (χ0v) is 21.4. The Balaban J connectivity index is 1.54. The van der Waals surface area contributed by atoms with E-state index in [1.165, 1.54) is 16.7 Å². The molecule has 2 unspecified atom stereocenters. The molecular weight excluding hydrogens is 487 g/mol. The molecule has 3 aromatic rings. The number of rotatable bonds is 11. The Morgan fingerprint density at radius 2 is 1.50 bits per heavy atom. The fraction of sp³-hybridized carbons (Fsp3) is 0.345. The van der Waals surface area contributed by atoms with Crippen LogP contribution in [0.5, 0.6) is 5.75 Å². The highest BCUT2D eigenvalue weighted by Gasteiger charge is 2.42. The predicted molar refractivity (Wildman–Crippen MR) is 138 cm³/mol. The number of nitrogens with zero attached hydrogens (tertiary/aromatic N) is 1. The smallest absolute Gasteiger partial charge is 0.453 e. The molecule has 0 amide bonds. The van der Waals surface area contributed by atoms with Gasteiger partial charge in [-0.25, -0.2) is 0 Å². The molecule has 3 aromatic carbocycles. The number of Topliss-reactive ketones (excluding diaryl/α,β-unsaturated/α-hetero) is 1. The number of ether oxygens (including phenoxy) is 1. The van der Waals surface area contributed by atoms with Crippen LogP contribution in [0, 0.1) is 6.92 Å². The Labute approximate surface area is 215 Å². The Kier molecular flexibility index (Phi) is 9.57. The Bertz CT molecular complexity index is 1070. The van der Waals surface area contributed by atoms with Crippen molar-refractivity contribution < 1.29 is 22.7 Å². The average Bonchev–Trinajstić information content (AvgIpc) is 2.84. The van der Waals surface area contributed by atoms with E-state index in [1.54, 1.807) is 12.1 Å². The fourth-order valence-corrected chi connectivity index (χ4v) is 4.20. The molecule has 0 radical (unpaired) electrons. The molecule has 0 saturated carbocycles. The molecule has 3 rings (SSSR count). The van der Waals surface area contributed by atoms with Crippen molar-refractivity contribution in [3.05, 3.63) is 100 Å². The monoisotopic (exact) mass is 517 g/mol. The molecule has 0 aliphatic rings. The number of carbonyl (C=O) groups is 1. The van der Waals surface area contributed by atoms with Gasteiger partial charge in [0.25, 0.3) is 5.78 Å². The fourth-order valence-electron chi connectivity index (χ4n) is 4.08. The number of hydrogen-bond donors (Lipinski definition) is 0. The minimum absolute atomic E-state index is 0.214. The molecule has 0 bridgehead atoms. The molecule has 0 N–H and O–H groups in total. The molecule has 0 aliphatic carbocycles. The molecule has 36 heavy (non-hydrogen) atoms. The number of alkyl halides is 3. The zero-order chi connectivity index (χ0) is 26.3. The molecule has 0 aliphatic heterocycles. The van der Waals surface area contributed by atoms with Crippen molar-refractivity contribution in [2.24, 2.45) is 0 Å². The van der Waals surface area contributed by atoms with Crippen LogP contribution in [0.25, 0.3) is 0 Å².